The van der Waals surface area contributed by atoms with Crippen LogP contribution in [0.25, 0.3) is 0 Å². The van der Waals surface area contributed by atoms with Crippen molar-refractivity contribution >= 4 is 21.4 Å². The highest BCUT2D eigenvalue weighted by molar-refractivity contribution is 8.05. The largest absolute Gasteiger partial charge is 0.593 e. The van der Waals surface area contributed by atoms with E-state index in [1.54, 1.807) is 6.92 Å². The van der Waals surface area contributed by atoms with E-state index in [9.17, 15) is 26.1 Å². The second-order valence-corrected chi connectivity index (χ2v) is 5.78. The summed E-state index contributed by atoms with van der Waals surface area (Å²) < 4.78 is 68.1. The number of halogens is 3. The average Bonchev–Trinajstić information content (AvgIpc) is 1.98. The molecule has 0 spiro atoms. The Kier molecular flexibility index (Phi) is 5.20. The first kappa shape index (κ1) is 14.0. The standard InChI is InChI=1S/C5H10F3NO3S2/c1-2-3-4-14(11,12)9-13(10)5(6,7)8/h9H,2-4H2,1H3. The fourth-order valence-electron chi connectivity index (χ4n) is 0.539. The van der Waals surface area contributed by atoms with Crippen molar-refractivity contribution in [1.29, 1.82) is 0 Å². The van der Waals surface area contributed by atoms with Gasteiger partial charge in [0.1, 0.15) is 0 Å². The van der Waals surface area contributed by atoms with Crippen LogP contribution in [0.15, 0.2) is 0 Å². The van der Waals surface area contributed by atoms with Crippen LogP contribution in [-0.2, 0) is 21.4 Å². The summed E-state index contributed by atoms with van der Waals surface area (Å²) in [6, 6.07) is 0. The zero-order chi connectivity index (χ0) is 11.4. The highest BCUT2D eigenvalue weighted by Gasteiger charge is 2.47. The minimum atomic E-state index is -5.06. The fraction of sp³-hybridized carbons (Fsp3) is 1.00. The molecule has 0 aliphatic heterocycles. The number of alkyl halides is 3. The molecule has 0 heterocycles. The smallest absolute Gasteiger partial charge is 0.590 e. The SMILES string of the molecule is CCCCS(=O)(=O)N[S+]([O-])C(F)(F)F. The van der Waals surface area contributed by atoms with Gasteiger partial charge in [-0.2, -0.15) is 0 Å². The molecule has 0 aliphatic rings. The van der Waals surface area contributed by atoms with Crippen LogP contribution in [0.5, 0.6) is 0 Å². The first-order valence-electron chi connectivity index (χ1n) is 3.68. The zero-order valence-electron chi connectivity index (χ0n) is 7.30. The van der Waals surface area contributed by atoms with Crippen molar-refractivity contribution in [3.63, 3.8) is 0 Å². The Labute approximate surface area is 83.2 Å². The highest BCUT2D eigenvalue weighted by atomic mass is 32.3. The third-order valence-electron chi connectivity index (χ3n) is 1.18. The summed E-state index contributed by atoms with van der Waals surface area (Å²) in [6.45, 7) is 1.69. The van der Waals surface area contributed by atoms with Gasteiger partial charge in [0.15, 0.2) is 11.4 Å². The number of rotatable bonds is 5. The maximum atomic E-state index is 11.7. The number of hydrogen-bond acceptors (Lipinski definition) is 3. The van der Waals surface area contributed by atoms with E-state index in [-0.39, 0.29) is 6.42 Å². The Bertz CT molecular complexity index is 264. The van der Waals surface area contributed by atoms with Crippen LogP contribution < -0.4 is 4.13 Å². The molecule has 0 radical (unpaired) electrons. The molecule has 0 amide bonds. The first-order valence-corrected chi connectivity index (χ1v) is 6.48. The molecule has 0 aromatic heterocycles. The molecular formula is C5H10F3NO3S2. The lowest BCUT2D eigenvalue weighted by Gasteiger charge is -2.12. The van der Waals surface area contributed by atoms with Crippen molar-refractivity contribution in [1.82, 2.24) is 4.13 Å². The summed E-state index contributed by atoms with van der Waals surface area (Å²) in [7, 11) is -4.10. The van der Waals surface area contributed by atoms with Crippen LogP contribution in [0.2, 0.25) is 0 Å². The topological polar surface area (TPSA) is 69.2 Å². The molecule has 0 fully saturated rings. The van der Waals surface area contributed by atoms with Gasteiger partial charge < -0.3 is 4.55 Å². The lowest BCUT2D eigenvalue weighted by Crippen LogP contribution is -2.41. The molecule has 1 N–H and O–H groups in total. The van der Waals surface area contributed by atoms with Gasteiger partial charge in [-0.1, -0.05) is 13.3 Å². The zero-order valence-corrected chi connectivity index (χ0v) is 8.93. The van der Waals surface area contributed by atoms with Gasteiger partial charge in [-0.05, 0) is 10.5 Å². The van der Waals surface area contributed by atoms with Crippen molar-refractivity contribution < 1.29 is 26.1 Å². The van der Waals surface area contributed by atoms with Crippen molar-refractivity contribution in [2.75, 3.05) is 5.75 Å². The summed E-state index contributed by atoms with van der Waals surface area (Å²) in [6.07, 6.45) is 0.754. The Hall–Kier alpha value is 0.01000. The minimum Gasteiger partial charge on any atom is -0.590 e. The van der Waals surface area contributed by atoms with Crippen molar-refractivity contribution in [2.45, 2.75) is 25.3 Å². The normalized spacial score (nSPS) is 15.5. The van der Waals surface area contributed by atoms with Gasteiger partial charge in [-0.15, -0.1) is 13.2 Å². The first-order chi connectivity index (χ1) is 6.19. The lowest BCUT2D eigenvalue weighted by atomic mass is 10.4. The molecule has 0 aliphatic carbocycles. The van der Waals surface area contributed by atoms with E-state index in [1.807, 2.05) is 0 Å². The molecule has 9 heteroatoms. The molecule has 14 heavy (non-hydrogen) atoms. The van der Waals surface area contributed by atoms with Crippen LogP contribution in [0, 0.1) is 0 Å². The lowest BCUT2D eigenvalue weighted by molar-refractivity contribution is -0.0440. The monoisotopic (exact) mass is 253 g/mol. The van der Waals surface area contributed by atoms with Gasteiger partial charge >= 0.3 is 5.51 Å². The number of nitrogens with one attached hydrogen (secondary N) is 1. The molecular weight excluding hydrogens is 243 g/mol. The molecule has 1 atom stereocenters. The molecule has 0 saturated carbocycles. The fourth-order valence-corrected chi connectivity index (χ4v) is 2.84. The maximum absolute atomic E-state index is 11.7. The van der Waals surface area contributed by atoms with Crippen LogP contribution in [0.3, 0.4) is 0 Å². The van der Waals surface area contributed by atoms with E-state index in [4.69, 9.17) is 0 Å². The van der Waals surface area contributed by atoms with Crippen LogP contribution >= 0.6 is 0 Å². The Morgan fingerprint density at radius 2 is 1.93 bits per heavy atom. The summed E-state index contributed by atoms with van der Waals surface area (Å²) in [5, 5.41) is 0. The summed E-state index contributed by atoms with van der Waals surface area (Å²) in [5.74, 6) is -0.453. The van der Waals surface area contributed by atoms with E-state index in [0.29, 0.717) is 6.42 Å². The van der Waals surface area contributed by atoms with Gasteiger partial charge in [-0.3, -0.25) is 0 Å². The molecule has 0 aromatic carbocycles. The van der Waals surface area contributed by atoms with Gasteiger partial charge in [-0.25, -0.2) is 8.42 Å². The highest BCUT2D eigenvalue weighted by Crippen LogP contribution is 2.22. The number of unbranched alkanes of at least 4 members (excludes halogenated alkanes) is 1. The molecule has 86 valence electrons. The molecule has 0 saturated heterocycles. The summed E-state index contributed by atoms with van der Waals surface area (Å²) >= 11 is -3.55. The second-order valence-electron chi connectivity index (χ2n) is 2.47. The molecule has 0 aromatic rings. The van der Waals surface area contributed by atoms with E-state index in [1.165, 1.54) is 0 Å². The maximum Gasteiger partial charge on any atom is 0.593 e. The van der Waals surface area contributed by atoms with E-state index in [2.05, 4.69) is 0 Å². The number of hydrogen-bond donors (Lipinski definition) is 1. The van der Waals surface area contributed by atoms with E-state index >= 15 is 0 Å². The van der Waals surface area contributed by atoms with Gasteiger partial charge in [0.25, 0.3) is 10.0 Å². The van der Waals surface area contributed by atoms with E-state index in [0.717, 1.165) is 4.13 Å². The summed E-state index contributed by atoms with van der Waals surface area (Å²) in [5.41, 5.74) is -5.06. The quantitative estimate of drug-likeness (QED) is 0.740. The van der Waals surface area contributed by atoms with Crippen molar-refractivity contribution in [3.05, 3.63) is 0 Å². The Morgan fingerprint density at radius 1 is 1.43 bits per heavy atom. The van der Waals surface area contributed by atoms with Crippen LogP contribution in [-0.4, -0.2) is 24.2 Å². The second kappa shape index (κ2) is 5.19. The van der Waals surface area contributed by atoms with E-state index < -0.39 is 32.6 Å². The molecule has 4 nitrogen and oxygen atoms in total. The number of sulfonamides is 1. The van der Waals surface area contributed by atoms with Gasteiger partial charge in [0.05, 0.1) is 5.75 Å². The third-order valence-corrected chi connectivity index (χ3v) is 4.05. The molecule has 1 unspecified atom stereocenters. The Morgan fingerprint density at radius 3 is 2.29 bits per heavy atom. The third kappa shape index (κ3) is 5.68. The molecule has 0 rings (SSSR count). The van der Waals surface area contributed by atoms with Crippen molar-refractivity contribution in [2.24, 2.45) is 0 Å². The predicted molar refractivity (Wildman–Crippen MR) is 46.0 cm³/mol. The predicted octanol–water partition coefficient (Wildman–Crippen LogP) is 0.889. The minimum absolute atomic E-state index is 0.227. The van der Waals surface area contributed by atoms with Crippen molar-refractivity contribution in [3.8, 4) is 0 Å². The average molecular weight is 253 g/mol. The van der Waals surface area contributed by atoms with Gasteiger partial charge in [0, 0.05) is 0 Å². The summed E-state index contributed by atoms with van der Waals surface area (Å²) in [4.78, 5) is 0. The Balaban J connectivity index is 4.23. The van der Waals surface area contributed by atoms with Crippen LogP contribution in [0.1, 0.15) is 19.8 Å². The van der Waals surface area contributed by atoms with Crippen LogP contribution in [0.4, 0.5) is 13.2 Å². The molecule has 0 bridgehead atoms. The van der Waals surface area contributed by atoms with Gasteiger partial charge in [0.2, 0.25) is 0 Å².